The molecule has 0 radical (unpaired) electrons. The van der Waals surface area contributed by atoms with Gasteiger partial charge in [0.25, 0.3) is 0 Å². The highest BCUT2D eigenvalue weighted by atomic mass is 31.2. The summed E-state index contributed by atoms with van der Waals surface area (Å²) in [7, 11) is -3.67. The van der Waals surface area contributed by atoms with Crippen molar-refractivity contribution in [3.05, 3.63) is 47.7 Å². The lowest BCUT2D eigenvalue weighted by Crippen LogP contribution is -2.16. The van der Waals surface area contributed by atoms with Crippen LogP contribution >= 0.6 is 7.60 Å². The molecule has 1 atom stereocenters. The topological polar surface area (TPSA) is 101 Å². The second-order valence-corrected chi connectivity index (χ2v) is 7.44. The number of phenols is 2. The lowest BCUT2D eigenvalue weighted by atomic mass is 10.2. The highest BCUT2D eigenvalue weighted by Gasteiger charge is 2.39. The Kier molecular flexibility index (Phi) is 6.42. The van der Waals surface area contributed by atoms with Crippen molar-refractivity contribution in [2.24, 2.45) is 0 Å². The van der Waals surface area contributed by atoms with Crippen LogP contribution in [0.2, 0.25) is 0 Å². The molecule has 0 fully saturated rings. The first-order chi connectivity index (χ1) is 11.9. The van der Waals surface area contributed by atoms with Gasteiger partial charge in [0.05, 0.1) is 13.2 Å². The molecule has 0 aliphatic rings. The fraction of sp³-hybridized carbons (Fsp3) is 0.353. The van der Waals surface area contributed by atoms with Gasteiger partial charge in [-0.25, -0.2) is 4.98 Å². The maximum Gasteiger partial charge on any atom is 0.357 e. The molecule has 0 saturated carbocycles. The van der Waals surface area contributed by atoms with Crippen molar-refractivity contribution in [3.63, 3.8) is 0 Å². The van der Waals surface area contributed by atoms with Crippen LogP contribution in [0.1, 0.15) is 30.9 Å². The number of hydrogen-bond acceptors (Lipinski definition) is 7. The largest absolute Gasteiger partial charge is 0.508 e. The molecule has 7 nitrogen and oxygen atoms in total. The molecule has 2 aromatic rings. The summed E-state index contributed by atoms with van der Waals surface area (Å²) in [6.07, 6.45) is 0. The van der Waals surface area contributed by atoms with E-state index in [9.17, 15) is 14.8 Å². The lowest BCUT2D eigenvalue weighted by molar-refractivity contribution is 0.213. The summed E-state index contributed by atoms with van der Waals surface area (Å²) in [5.74, 6) is -0.833. The molecule has 0 spiro atoms. The standard InChI is InChI=1S/C17H23N2O5P/c1-4-23-25(22,24-5-2)17(14-10-9-13(20)11-15(14)21)19-16-8-6-7-12(3)18-16/h6-11,17,20-21H,4-5H2,1-3H3,(H,18,19). The first-order valence-electron chi connectivity index (χ1n) is 8.00. The third kappa shape index (κ3) is 4.72. The summed E-state index contributed by atoms with van der Waals surface area (Å²) in [5.41, 5.74) is 1.06. The normalized spacial score (nSPS) is 12.8. The molecule has 8 heteroatoms. The van der Waals surface area contributed by atoms with Gasteiger partial charge in [0.2, 0.25) is 0 Å². The average Bonchev–Trinajstić information content (AvgIpc) is 2.54. The zero-order valence-corrected chi connectivity index (χ0v) is 15.4. The number of nitrogens with zero attached hydrogens (tertiary/aromatic N) is 1. The molecule has 3 N–H and O–H groups in total. The van der Waals surface area contributed by atoms with Gasteiger partial charge in [0, 0.05) is 17.3 Å². The summed E-state index contributed by atoms with van der Waals surface area (Å²) in [4.78, 5) is 4.35. The second-order valence-electron chi connectivity index (χ2n) is 5.33. The number of pyridine rings is 1. The van der Waals surface area contributed by atoms with Crippen LogP contribution in [-0.2, 0) is 13.6 Å². The molecule has 0 aliphatic carbocycles. The Morgan fingerprint density at radius 3 is 2.40 bits per heavy atom. The Balaban J connectivity index is 2.51. The van der Waals surface area contributed by atoms with Crippen molar-refractivity contribution in [3.8, 4) is 11.5 Å². The highest BCUT2D eigenvalue weighted by Crippen LogP contribution is 2.62. The quantitative estimate of drug-likeness (QED) is 0.603. The van der Waals surface area contributed by atoms with Gasteiger partial charge in [0.15, 0.2) is 5.78 Å². The van der Waals surface area contributed by atoms with Crippen LogP contribution in [0.4, 0.5) is 5.82 Å². The molecular weight excluding hydrogens is 343 g/mol. The van der Waals surface area contributed by atoms with Gasteiger partial charge in [-0.1, -0.05) is 6.07 Å². The maximum absolute atomic E-state index is 13.3. The Labute approximate surface area is 147 Å². The summed E-state index contributed by atoms with van der Waals surface area (Å²) in [6, 6.07) is 9.42. The zero-order valence-electron chi connectivity index (χ0n) is 14.5. The van der Waals surface area contributed by atoms with Crippen LogP contribution in [0.5, 0.6) is 11.5 Å². The smallest absolute Gasteiger partial charge is 0.357 e. The van der Waals surface area contributed by atoms with E-state index in [0.717, 1.165) is 5.69 Å². The summed E-state index contributed by atoms with van der Waals surface area (Å²) >= 11 is 0. The lowest BCUT2D eigenvalue weighted by Gasteiger charge is -2.28. The van der Waals surface area contributed by atoms with E-state index in [0.29, 0.717) is 5.82 Å². The summed E-state index contributed by atoms with van der Waals surface area (Å²) in [5, 5.41) is 22.8. The highest BCUT2D eigenvalue weighted by molar-refractivity contribution is 7.54. The number of aryl methyl sites for hydroxylation is 1. The van der Waals surface area contributed by atoms with Crippen LogP contribution in [0.25, 0.3) is 0 Å². The number of phenolic OH excluding ortho intramolecular Hbond substituents is 2. The van der Waals surface area contributed by atoms with Crippen molar-refractivity contribution in [1.82, 2.24) is 4.98 Å². The van der Waals surface area contributed by atoms with Gasteiger partial charge in [-0.2, -0.15) is 0 Å². The Bertz CT molecular complexity index is 758. The molecule has 25 heavy (non-hydrogen) atoms. The molecule has 0 aliphatic heterocycles. The van der Waals surface area contributed by atoms with E-state index in [2.05, 4.69) is 10.3 Å². The van der Waals surface area contributed by atoms with Gasteiger partial charge in [0.1, 0.15) is 17.3 Å². The van der Waals surface area contributed by atoms with Gasteiger partial charge in [-0.3, -0.25) is 4.57 Å². The first-order valence-corrected chi connectivity index (χ1v) is 9.61. The van der Waals surface area contributed by atoms with Gasteiger partial charge < -0.3 is 24.6 Å². The van der Waals surface area contributed by atoms with Crippen LogP contribution in [0, 0.1) is 6.92 Å². The van der Waals surface area contributed by atoms with Crippen molar-refractivity contribution < 1.29 is 23.8 Å². The van der Waals surface area contributed by atoms with Crippen LogP contribution < -0.4 is 5.32 Å². The number of aromatic hydroxyl groups is 2. The molecule has 1 heterocycles. The molecule has 1 aromatic carbocycles. The molecular formula is C17H23N2O5P. The number of rotatable bonds is 8. The Hall–Kier alpha value is -2.08. The number of benzene rings is 1. The van der Waals surface area contributed by atoms with E-state index in [1.807, 2.05) is 19.1 Å². The number of aromatic nitrogens is 1. The zero-order chi connectivity index (χ0) is 18.4. The van der Waals surface area contributed by atoms with E-state index < -0.39 is 13.4 Å². The fourth-order valence-corrected chi connectivity index (χ4v) is 4.34. The monoisotopic (exact) mass is 366 g/mol. The third-order valence-corrected chi connectivity index (χ3v) is 5.69. The van der Waals surface area contributed by atoms with Gasteiger partial charge in [-0.05, 0) is 45.0 Å². The third-order valence-electron chi connectivity index (χ3n) is 3.42. The minimum atomic E-state index is -3.67. The van der Waals surface area contributed by atoms with Crippen LogP contribution in [0.3, 0.4) is 0 Å². The molecule has 0 amide bonds. The number of anilines is 1. The van der Waals surface area contributed by atoms with E-state index >= 15 is 0 Å². The maximum atomic E-state index is 13.3. The SMILES string of the molecule is CCOP(=O)(OCC)C(Nc1cccc(C)n1)c1ccc(O)cc1O. The van der Waals surface area contributed by atoms with Crippen molar-refractivity contribution in [1.29, 1.82) is 0 Å². The minimum Gasteiger partial charge on any atom is -0.508 e. The summed E-state index contributed by atoms with van der Waals surface area (Å²) < 4.78 is 24.2. The average molecular weight is 366 g/mol. The van der Waals surface area contributed by atoms with Crippen molar-refractivity contribution in [2.45, 2.75) is 26.6 Å². The van der Waals surface area contributed by atoms with Crippen LogP contribution in [-0.4, -0.2) is 28.4 Å². The predicted molar refractivity (Wildman–Crippen MR) is 96.0 cm³/mol. The minimum absolute atomic E-state index is 0.101. The number of nitrogens with one attached hydrogen (secondary N) is 1. The number of hydrogen-bond donors (Lipinski definition) is 3. The van der Waals surface area contributed by atoms with E-state index in [-0.39, 0.29) is 30.3 Å². The molecule has 0 saturated heterocycles. The van der Waals surface area contributed by atoms with Gasteiger partial charge >= 0.3 is 7.60 Å². The fourth-order valence-electron chi connectivity index (χ4n) is 2.40. The molecule has 1 aromatic heterocycles. The molecule has 1 unspecified atom stereocenters. The molecule has 0 bridgehead atoms. The van der Waals surface area contributed by atoms with Gasteiger partial charge in [-0.15, -0.1) is 0 Å². The van der Waals surface area contributed by atoms with Crippen LogP contribution in [0.15, 0.2) is 36.4 Å². The van der Waals surface area contributed by atoms with E-state index in [1.165, 1.54) is 18.2 Å². The second kappa shape index (κ2) is 8.34. The molecule has 136 valence electrons. The first kappa shape index (κ1) is 19.2. The van der Waals surface area contributed by atoms with E-state index in [1.54, 1.807) is 19.9 Å². The molecule has 2 rings (SSSR count). The van der Waals surface area contributed by atoms with Crippen molar-refractivity contribution >= 4 is 13.4 Å². The summed E-state index contributed by atoms with van der Waals surface area (Å²) in [6.45, 7) is 5.61. The Morgan fingerprint density at radius 2 is 1.84 bits per heavy atom. The van der Waals surface area contributed by atoms with E-state index in [4.69, 9.17) is 9.05 Å². The van der Waals surface area contributed by atoms with Crippen molar-refractivity contribution in [2.75, 3.05) is 18.5 Å². The predicted octanol–water partition coefficient (Wildman–Crippen LogP) is 4.18. The Morgan fingerprint density at radius 1 is 1.16 bits per heavy atom.